The lowest BCUT2D eigenvalue weighted by Crippen LogP contribution is -2.50. The molecule has 1 aliphatic carbocycles. The lowest BCUT2D eigenvalue weighted by molar-refractivity contribution is -0.313. The maximum atomic E-state index is 13.1. The fourth-order valence-electron chi connectivity index (χ4n) is 4.73. The smallest absolute Gasteiger partial charge is 0.164 e. The van der Waals surface area contributed by atoms with Crippen LogP contribution in [0.15, 0.2) is 59.9 Å². The van der Waals surface area contributed by atoms with Crippen molar-refractivity contribution >= 4 is 11.5 Å². The van der Waals surface area contributed by atoms with Gasteiger partial charge in [-0.3, -0.25) is 9.28 Å². The number of nitrogens with zero attached hydrogens (tertiary/aromatic N) is 1. The average Bonchev–Trinajstić information content (AvgIpc) is 2.56. The zero-order valence-electron chi connectivity index (χ0n) is 16.4. The number of Topliss-reactive ketones (excluding diaryl/α,β-unsaturated/α-hetero) is 1. The van der Waals surface area contributed by atoms with Gasteiger partial charge in [0.05, 0.1) is 14.1 Å². The lowest BCUT2D eigenvalue weighted by Gasteiger charge is -2.47. The molecule has 4 nitrogen and oxygen atoms in total. The maximum Gasteiger partial charge on any atom is 0.164 e. The summed E-state index contributed by atoms with van der Waals surface area (Å²) in [7, 11) is 4.21. The number of rotatable bonds is 1. The second-order valence-corrected chi connectivity index (χ2v) is 8.82. The zero-order valence-corrected chi connectivity index (χ0v) is 16.4. The highest BCUT2D eigenvalue weighted by molar-refractivity contribution is 6.00. The molecule has 2 N–H and O–H groups in total. The van der Waals surface area contributed by atoms with Gasteiger partial charge in [-0.15, -0.1) is 5.76 Å². The zero-order chi connectivity index (χ0) is 18.7. The van der Waals surface area contributed by atoms with E-state index in [0.717, 1.165) is 16.8 Å². The first kappa shape index (κ1) is 19.3. The molecule has 2 aromatic carbocycles. The summed E-state index contributed by atoms with van der Waals surface area (Å²) < 4.78 is 0.487. The Kier molecular flexibility index (Phi) is 4.53. The molecule has 142 valence electrons. The van der Waals surface area contributed by atoms with Gasteiger partial charge in [0.1, 0.15) is 11.7 Å². The molecule has 0 saturated heterocycles. The third-order valence-corrected chi connectivity index (χ3v) is 5.87. The lowest BCUT2D eigenvalue weighted by atomic mass is 9.72. The summed E-state index contributed by atoms with van der Waals surface area (Å²) in [6.45, 7) is 4.01. The number of carbonyl (C=O) groups excluding carboxylic acids is 1. The topological polar surface area (TPSA) is 71.6 Å². The summed E-state index contributed by atoms with van der Waals surface area (Å²) in [5.41, 5.74) is 4.77. The molecule has 1 heterocycles. The number of hydrogen-bond donors (Lipinski definition) is 0. The molecule has 0 bridgehead atoms. The Bertz CT molecular complexity index is 940. The van der Waals surface area contributed by atoms with E-state index in [4.69, 9.17) is 0 Å². The van der Waals surface area contributed by atoms with Gasteiger partial charge in [0.25, 0.3) is 0 Å². The highest BCUT2D eigenvalue weighted by Gasteiger charge is 2.46. The molecular weight excluding hydrogens is 338 g/mol. The summed E-state index contributed by atoms with van der Waals surface area (Å²) in [6.07, 6.45) is 0.878. The Labute approximate surface area is 160 Å². The summed E-state index contributed by atoms with van der Waals surface area (Å²) in [5, 5.41) is 13.1. The van der Waals surface area contributed by atoms with Crippen molar-refractivity contribution in [3.8, 4) is 11.1 Å². The van der Waals surface area contributed by atoms with Crippen molar-refractivity contribution in [2.45, 2.75) is 32.7 Å². The molecule has 0 spiro atoms. The molecule has 4 heteroatoms. The molecular formula is C23H27NO3. The van der Waals surface area contributed by atoms with Gasteiger partial charge in [0.2, 0.25) is 0 Å². The SMILES string of the molecule is CC1(C)CC(=O)C([C@@H]2c3ccccc3-c3ccccc3[N+]2(C)C)=C([O-])C1.O. The van der Waals surface area contributed by atoms with E-state index in [1.165, 1.54) is 5.56 Å². The first-order chi connectivity index (χ1) is 12.2. The van der Waals surface area contributed by atoms with Gasteiger partial charge < -0.3 is 10.6 Å². The summed E-state index contributed by atoms with van der Waals surface area (Å²) in [5.74, 6) is 0.0215. The van der Waals surface area contributed by atoms with Crippen LogP contribution in [0.25, 0.3) is 11.1 Å². The molecule has 0 fully saturated rings. The number of para-hydroxylation sites is 1. The van der Waals surface area contributed by atoms with Crippen molar-refractivity contribution in [1.29, 1.82) is 0 Å². The molecule has 2 aromatic rings. The highest BCUT2D eigenvalue weighted by atomic mass is 16.3. The maximum absolute atomic E-state index is 13.1. The molecule has 2 aliphatic rings. The average molecular weight is 365 g/mol. The minimum Gasteiger partial charge on any atom is -0.875 e. The van der Waals surface area contributed by atoms with Crippen LogP contribution < -0.4 is 9.59 Å². The predicted molar refractivity (Wildman–Crippen MR) is 107 cm³/mol. The largest absolute Gasteiger partial charge is 0.875 e. The number of quaternary nitrogens is 1. The molecule has 0 aromatic heterocycles. The van der Waals surface area contributed by atoms with Crippen molar-refractivity contribution in [3.05, 3.63) is 65.4 Å². The Morgan fingerprint density at radius 3 is 2.22 bits per heavy atom. The van der Waals surface area contributed by atoms with Gasteiger partial charge in [-0.2, -0.15) is 0 Å². The Balaban J connectivity index is 0.00000210. The van der Waals surface area contributed by atoms with Crippen LogP contribution in [0.5, 0.6) is 0 Å². The minimum atomic E-state index is -0.253. The van der Waals surface area contributed by atoms with Gasteiger partial charge in [-0.25, -0.2) is 0 Å². The fraction of sp³-hybridized carbons (Fsp3) is 0.348. The van der Waals surface area contributed by atoms with Gasteiger partial charge in [-0.05, 0) is 29.5 Å². The third kappa shape index (κ3) is 2.89. The van der Waals surface area contributed by atoms with Crippen LogP contribution >= 0.6 is 0 Å². The molecule has 1 aliphatic heterocycles. The van der Waals surface area contributed by atoms with Crippen LogP contribution in [0.2, 0.25) is 0 Å². The highest BCUT2D eigenvalue weighted by Crippen LogP contribution is 2.52. The number of hydrogen-bond acceptors (Lipinski definition) is 2. The van der Waals surface area contributed by atoms with Crippen LogP contribution in [0.1, 0.15) is 38.3 Å². The van der Waals surface area contributed by atoms with E-state index in [-0.39, 0.29) is 28.5 Å². The van der Waals surface area contributed by atoms with Crippen molar-refractivity contribution in [1.82, 2.24) is 4.48 Å². The van der Waals surface area contributed by atoms with E-state index < -0.39 is 0 Å². The number of benzene rings is 2. The molecule has 0 saturated carbocycles. The first-order valence-corrected chi connectivity index (χ1v) is 9.18. The van der Waals surface area contributed by atoms with E-state index >= 15 is 0 Å². The van der Waals surface area contributed by atoms with Crippen molar-refractivity contribution in [2.75, 3.05) is 14.1 Å². The fourth-order valence-corrected chi connectivity index (χ4v) is 4.73. The van der Waals surface area contributed by atoms with Crippen LogP contribution in [0.4, 0.5) is 5.69 Å². The van der Waals surface area contributed by atoms with Gasteiger partial charge >= 0.3 is 0 Å². The van der Waals surface area contributed by atoms with E-state index in [1.54, 1.807) is 0 Å². The van der Waals surface area contributed by atoms with Crippen molar-refractivity contribution < 1.29 is 15.4 Å². The summed E-state index contributed by atoms with van der Waals surface area (Å²) >= 11 is 0. The van der Waals surface area contributed by atoms with E-state index in [1.807, 2.05) is 38.1 Å². The number of fused-ring (bicyclic) bond motifs is 3. The van der Waals surface area contributed by atoms with Gasteiger partial charge in [0, 0.05) is 23.1 Å². The Morgan fingerprint density at radius 2 is 1.56 bits per heavy atom. The number of likely N-dealkylation sites (N-methyl/N-ethyl adjacent to an activating group) is 1. The van der Waals surface area contributed by atoms with Crippen LogP contribution in [0.3, 0.4) is 0 Å². The quantitative estimate of drug-likeness (QED) is 0.728. The normalized spacial score (nSPS) is 22.5. The van der Waals surface area contributed by atoms with E-state index in [0.29, 0.717) is 22.9 Å². The van der Waals surface area contributed by atoms with E-state index in [9.17, 15) is 9.90 Å². The van der Waals surface area contributed by atoms with E-state index in [2.05, 4.69) is 38.4 Å². The molecule has 1 atom stereocenters. The van der Waals surface area contributed by atoms with Crippen molar-refractivity contribution in [3.63, 3.8) is 0 Å². The predicted octanol–water partition coefficient (Wildman–Crippen LogP) is 3.15. The number of ketones is 1. The monoisotopic (exact) mass is 365 g/mol. The Morgan fingerprint density at radius 1 is 0.963 bits per heavy atom. The molecule has 4 rings (SSSR count). The second-order valence-electron chi connectivity index (χ2n) is 8.82. The van der Waals surface area contributed by atoms with Crippen LogP contribution in [-0.2, 0) is 4.79 Å². The van der Waals surface area contributed by atoms with Crippen LogP contribution in [-0.4, -0.2) is 25.4 Å². The van der Waals surface area contributed by atoms with Crippen molar-refractivity contribution in [2.24, 2.45) is 5.41 Å². The summed E-state index contributed by atoms with van der Waals surface area (Å²) in [4.78, 5) is 13.1. The molecule has 0 unspecified atom stereocenters. The Hall–Kier alpha value is -2.43. The third-order valence-electron chi connectivity index (χ3n) is 5.87. The van der Waals surface area contributed by atoms with Gasteiger partial charge in [0.15, 0.2) is 5.78 Å². The molecule has 0 radical (unpaired) electrons. The molecule has 0 amide bonds. The molecule has 27 heavy (non-hydrogen) atoms. The van der Waals surface area contributed by atoms with Gasteiger partial charge in [-0.1, -0.05) is 50.2 Å². The second kappa shape index (κ2) is 6.32. The first-order valence-electron chi connectivity index (χ1n) is 9.18. The standard InChI is InChI=1S/C23H25NO2.H2O/c1-23(2)13-19(25)21(20(26)14-23)22-17-11-6-5-9-15(17)16-10-7-8-12-18(16)24(22,3)4;/h5-12,22H,13-14H2,1-4H3;1H2/t22-;/m0./s1. The minimum absolute atomic E-state index is 0. The van der Waals surface area contributed by atoms with Crippen LogP contribution in [0, 0.1) is 5.41 Å². The number of carbonyl (C=O) groups is 1. The number of allylic oxidation sites excluding steroid dienone is 1. The summed E-state index contributed by atoms with van der Waals surface area (Å²) in [6, 6.07) is 16.3.